The van der Waals surface area contributed by atoms with Crippen LogP contribution in [0.5, 0.6) is 0 Å². The van der Waals surface area contributed by atoms with E-state index in [1.165, 1.54) is 45.6 Å². The predicted octanol–water partition coefficient (Wildman–Crippen LogP) is 1.40. The Hall–Kier alpha value is -0.610. The van der Waals surface area contributed by atoms with Gasteiger partial charge < -0.3 is 10.1 Å². The van der Waals surface area contributed by atoms with Crippen LogP contribution in [0.2, 0.25) is 0 Å². The molecule has 0 aromatic rings. The van der Waals surface area contributed by atoms with Crippen LogP contribution in [0, 0.1) is 5.92 Å². The molecule has 2 aliphatic rings. The van der Waals surface area contributed by atoms with Crippen LogP contribution in [-0.2, 0) is 9.53 Å². The fourth-order valence-corrected chi connectivity index (χ4v) is 3.62. The molecule has 0 aromatic heterocycles. The molecular formula is C14H26N2O2. The van der Waals surface area contributed by atoms with Gasteiger partial charge >= 0.3 is 5.97 Å². The van der Waals surface area contributed by atoms with E-state index in [-0.39, 0.29) is 12.0 Å². The molecular weight excluding hydrogens is 228 g/mol. The Morgan fingerprint density at radius 1 is 1.33 bits per heavy atom. The zero-order chi connectivity index (χ0) is 13.0. The SMILES string of the molecule is CNC(CN1CCCC2CCCCC21)C(=O)OC. The first-order valence-corrected chi connectivity index (χ1v) is 7.25. The maximum absolute atomic E-state index is 11.7. The first-order valence-electron chi connectivity index (χ1n) is 7.25. The Bertz CT molecular complexity index is 281. The van der Waals surface area contributed by atoms with Gasteiger partial charge in [0.05, 0.1) is 7.11 Å². The number of ether oxygens (including phenoxy) is 1. The fourth-order valence-electron chi connectivity index (χ4n) is 3.62. The molecule has 4 nitrogen and oxygen atoms in total. The molecule has 3 unspecified atom stereocenters. The second kappa shape index (κ2) is 6.53. The number of methoxy groups -OCH3 is 1. The summed E-state index contributed by atoms with van der Waals surface area (Å²) in [5.41, 5.74) is 0. The fraction of sp³-hybridized carbons (Fsp3) is 0.929. The number of nitrogens with one attached hydrogen (secondary N) is 1. The summed E-state index contributed by atoms with van der Waals surface area (Å²) < 4.78 is 4.85. The van der Waals surface area contributed by atoms with Gasteiger partial charge in [0.2, 0.25) is 0 Å². The van der Waals surface area contributed by atoms with Gasteiger partial charge in [-0.2, -0.15) is 0 Å². The lowest BCUT2D eigenvalue weighted by molar-refractivity contribution is -0.144. The van der Waals surface area contributed by atoms with Crippen LogP contribution < -0.4 is 5.32 Å². The van der Waals surface area contributed by atoms with Crippen molar-refractivity contribution in [1.29, 1.82) is 0 Å². The molecule has 0 bridgehead atoms. The lowest BCUT2D eigenvalue weighted by Gasteiger charge is -2.45. The molecule has 1 N–H and O–H groups in total. The molecule has 0 radical (unpaired) electrons. The van der Waals surface area contributed by atoms with Gasteiger partial charge in [0, 0.05) is 12.6 Å². The number of rotatable bonds is 4. The summed E-state index contributed by atoms with van der Waals surface area (Å²) in [5.74, 6) is 0.720. The number of likely N-dealkylation sites (tertiary alicyclic amines) is 1. The van der Waals surface area contributed by atoms with Gasteiger partial charge in [-0.15, -0.1) is 0 Å². The molecule has 1 saturated heterocycles. The Balaban J connectivity index is 1.95. The molecule has 0 amide bonds. The molecule has 2 rings (SSSR count). The van der Waals surface area contributed by atoms with Gasteiger partial charge in [0.25, 0.3) is 0 Å². The maximum Gasteiger partial charge on any atom is 0.324 e. The minimum atomic E-state index is -0.185. The van der Waals surface area contributed by atoms with Crippen molar-refractivity contribution in [3.8, 4) is 0 Å². The van der Waals surface area contributed by atoms with Crippen molar-refractivity contribution in [3.05, 3.63) is 0 Å². The zero-order valence-electron chi connectivity index (χ0n) is 11.7. The number of likely N-dealkylation sites (N-methyl/N-ethyl adjacent to an activating group) is 1. The summed E-state index contributed by atoms with van der Waals surface area (Å²) in [7, 11) is 3.30. The average Bonchev–Trinajstić information content (AvgIpc) is 2.44. The van der Waals surface area contributed by atoms with E-state index < -0.39 is 0 Å². The topological polar surface area (TPSA) is 41.6 Å². The number of nitrogens with zero attached hydrogens (tertiary/aromatic N) is 1. The second-order valence-electron chi connectivity index (χ2n) is 5.61. The van der Waals surface area contributed by atoms with E-state index >= 15 is 0 Å². The third-order valence-corrected chi connectivity index (χ3v) is 4.61. The van der Waals surface area contributed by atoms with E-state index in [0.29, 0.717) is 6.04 Å². The van der Waals surface area contributed by atoms with Crippen molar-refractivity contribution in [2.75, 3.05) is 27.2 Å². The summed E-state index contributed by atoms with van der Waals surface area (Å²) in [5, 5.41) is 3.08. The zero-order valence-corrected chi connectivity index (χ0v) is 11.7. The van der Waals surface area contributed by atoms with Gasteiger partial charge in [0.1, 0.15) is 6.04 Å². The Kier molecular flexibility index (Phi) is 5.01. The van der Waals surface area contributed by atoms with Crippen molar-refractivity contribution >= 4 is 5.97 Å². The average molecular weight is 254 g/mol. The summed E-state index contributed by atoms with van der Waals surface area (Å²) in [6.07, 6.45) is 8.08. The van der Waals surface area contributed by atoms with Crippen molar-refractivity contribution in [2.45, 2.75) is 50.6 Å². The van der Waals surface area contributed by atoms with Crippen LogP contribution in [0.4, 0.5) is 0 Å². The van der Waals surface area contributed by atoms with E-state index in [4.69, 9.17) is 4.74 Å². The molecule has 0 aromatic carbocycles. The molecule has 4 heteroatoms. The molecule has 0 spiro atoms. The van der Waals surface area contributed by atoms with Gasteiger partial charge in [0.15, 0.2) is 0 Å². The Labute approximate surface area is 110 Å². The van der Waals surface area contributed by atoms with Crippen LogP contribution in [0.1, 0.15) is 38.5 Å². The predicted molar refractivity (Wildman–Crippen MR) is 71.4 cm³/mol. The highest BCUT2D eigenvalue weighted by atomic mass is 16.5. The third kappa shape index (κ3) is 3.04. The lowest BCUT2D eigenvalue weighted by Crippen LogP contribution is -2.53. The quantitative estimate of drug-likeness (QED) is 0.770. The molecule has 104 valence electrons. The molecule has 1 aliphatic carbocycles. The number of carbonyl (C=O) groups excluding carboxylic acids is 1. The third-order valence-electron chi connectivity index (χ3n) is 4.61. The van der Waals surface area contributed by atoms with Gasteiger partial charge in [-0.05, 0) is 45.2 Å². The number of carbonyl (C=O) groups is 1. The number of fused-ring (bicyclic) bond motifs is 1. The summed E-state index contributed by atoms with van der Waals surface area (Å²) >= 11 is 0. The second-order valence-corrected chi connectivity index (χ2v) is 5.61. The van der Waals surface area contributed by atoms with E-state index in [2.05, 4.69) is 10.2 Å². The monoisotopic (exact) mass is 254 g/mol. The highest BCUT2D eigenvalue weighted by Gasteiger charge is 2.35. The van der Waals surface area contributed by atoms with Crippen molar-refractivity contribution < 1.29 is 9.53 Å². The lowest BCUT2D eigenvalue weighted by atomic mass is 9.78. The minimum absolute atomic E-state index is 0.143. The van der Waals surface area contributed by atoms with E-state index in [1.807, 2.05) is 7.05 Å². The molecule has 1 aliphatic heterocycles. The van der Waals surface area contributed by atoms with Crippen LogP contribution in [0.3, 0.4) is 0 Å². The summed E-state index contributed by atoms with van der Waals surface area (Å²) in [6, 6.07) is 0.517. The number of piperidine rings is 1. The van der Waals surface area contributed by atoms with Crippen LogP contribution in [0.25, 0.3) is 0 Å². The van der Waals surface area contributed by atoms with Crippen molar-refractivity contribution in [2.24, 2.45) is 5.92 Å². The van der Waals surface area contributed by atoms with E-state index in [0.717, 1.165) is 19.0 Å². The van der Waals surface area contributed by atoms with Crippen molar-refractivity contribution in [3.63, 3.8) is 0 Å². The van der Waals surface area contributed by atoms with Gasteiger partial charge in [-0.3, -0.25) is 9.69 Å². The summed E-state index contributed by atoms with van der Waals surface area (Å²) in [4.78, 5) is 14.2. The van der Waals surface area contributed by atoms with Gasteiger partial charge in [-0.1, -0.05) is 12.8 Å². The summed E-state index contributed by atoms with van der Waals surface area (Å²) in [6.45, 7) is 1.93. The maximum atomic E-state index is 11.7. The highest BCUT2D eigenvalue weighted by molar-refractivity contribution is 5.75. The van der Waals surface area contributed by atoms with Crippen LogP contribution >= 0.6 is 0 Å². The largest absolute Gasteiger partial charge is 0.468 e. The molecule has 18 heavy (non-hydrogen) atoms. The normalized spacial score (nSPS) is 30.6. The highest BCUT2D eigenvalue weighted by Crippen LogP contribution is 2.35. The number of hydrogen-bond donors (Lipinski definition) is 1. The van der Waals surface area contributed by atoms with Crippen LogP contribution in [0.15, 0.2) is 0 Å². The van der Waals surface area contributed by atoms with E-state index in [1.54, 1.807) is 0 Å². The standard InChI is InChI=1S/C14H26N2O2/c1-15-12(14(17)18-2)10-16-9-5-7-11-6-3-4-8-13(11)16/h11-13,15H,3-10H2,1-2H3. The molecule has 3 atom stereocenters. The van der Waals surface area contributed by atoms with Crippen LogP contribution in [-0.4, -0.2) is 50.2 Å². The number of esters is 1. The Morgan fingerprint density at radius 2 is 2.06 bits per heavy atom. The Morgan fingerprint density at radius 3 is 2.78 bits per heavy atom. The number of hydrogen-bond acceptors (Lipinski definition) is 4. The van der Waals surface area contributed by atoms with E-state index in [9.17, 15) is 4.79 Å². The van der Waals surface area contributed by atoms with Crippen molar-refractivity contribution in [1.82, 2.24) is 10.2 Å². The minimum Gasteiger partial charge on any atom is -0.468 e. The smallest absolute Gasteiger partial charge is 0.324 e. The first kappa shape index (κ1) is 13.8. The first-order chi connectivity index (χ1) is 8.76. The molecule has 1 saturated carbocycles. The molecule has 2 fully saturated rings. The molecule has 1 heterocycles. The van der Waals surface area contributed by atoms with Gasteiger partial charge in [-0.25, -0.2) is 0 Å².